The minimum Gasteiger partial charge on any atom is -0.345 e. The summed E-state index contributed by atoms with van der Waals surface area (Å²) in [4.78, 5) is 12.1. The lowest BCUT2D eigenvalue weighted by Crippen LogP contribution is -2.29. The first-order valence-corrected chi connectivity index (χ1v) is 3.93. The fourth-order valence-corrected chi connectivity index (χ4v) is 1.12. The van der Waals surface area contributed by atoms with E-state index in [-0.39, 0.29) is 0 Å². The quantitative estimate of drug-likeness (QED) is 0.536. The van der Waals surface area contributed by atoms with Crippen molar-refractivity contribution in [1.29, 1.82) is 0 Å². The van der Waals surface area contributed by atoms with E-state index in [1.54, 1.807) is 4.90 Å². The van der Waals surface area contributed by atoms with Gasteiger partial charge in [-0.1, -0.05) is 20.3 Å². The molecule has 0 heterocycles. The Morgan fingerprint density at radius 1 is 1.50 bits per heavy atom. The number of nitrogens with zero attached hydrogens (tertiary/aromatic N) is 1. The third-order valence-electron chi connectivity index (χ3n) is 1.84. The van der Waals surface area contributed by atoms with E-state index in [1.807, 2.05) is 7.05 Å². The summed E-state index contributed by atoms with van der Waals surface area (Å²) in [6.07, 6.45) is 4.23. The Morgan fingerprint density at radius 3 is 2.40 bits per heavy atom. The molecule has 0 aliphatic heterocycles. The Morgan fingerprint density at radius 2 is 2.10 bits per heavy atom. The summed E-state index contributed by atoms with van der Waals surface area (Å²) in [7, 11) is 1.84. The van der Waals surface area contributed by atoms with E-state index in [0.29, 0.717) is 6.04 Å². The Labute approximate surface area is 63.2 Å². The van der Waals surface area contributed by atoms with Crippen molar-refractivity contribution in [2.75, 3.05) is 7.05 Å². The van der Waals surface area contributed by atoms with Crippen LogP contribution in [0.4, 0.5) is 0 Å². The highest BCUT2D eigenvalue weighted by atomic mass is 16.1. The summed E-state index contributed by atoms with van der Waals surface area (Å²) < 4.78 is 0. The van der Waals surface area contributed by atoms with Crippen LogP contribution in [0, 0.1) is 0 Å². The highest BCUT2D eigenvalue weighted by Gasteiger charge is 2.07. The molecule has 0 saturated heterocycles. The Balaban J connectivity index is 3.67. The molecule has 0 aromatic carbocycles. The van der Waals surface area contributed by atoms with Gasteiger partial charge >= 0.3 is 0 Å². The number of carbonyl (C=O) groups is 1. The van der Waals surface area contributed by atoms with E-state index in [2.05, 4.69) is 13.8 Å². The molecule has 0 aliphatic rings. The van der Waals surface area contributed by atoms with Gasteiger partial charge in [-0.3, -0.25) is 4.79 Å². The Kier molecular flexibility index (Phi) is 4.99. The van der Waals surface area contributed by atoms with E-state index in [0.717, 1.165) is 25.7 Å². The fraction of sp³-hybridized carbons (Fsp3) is 0.875. The van der Waals surface area contributed by atoms with Crippen molar-refractivity contribution in [1.82, 2.24) is 4.90 Å². The normalized spacial score (nSPS) is 12.7. The minimum absolute atomic E-state index is 0.447. The maximum atomic E-state index is 10.3. The molecule has 2 heteroatoms. The van der Waals surface area contributed by atoms with Gasteiger partial charge in [-0.25, -0.2) is 0 Å². The Bertz CT molecular complexity index is 93.3. The van der Waals surface area contributed by atoms with Gasteiger partial charge in [0.05, 0.1) is 0 Å². The largest absolute Gasteiger partial charge is 0.345 e. The van der Waals surface area contributed by atoms with Crippen molar-refractivity contribution in [3.63, 3.8) is 0 Å². The van der Waals surface area contributed by atoms with E-state index >= 15 is 0 Å². The molecule has 0 aromatic heterocycles. The molecule has 1 unspecified atom stereocenters. The lowest BCUT2D eigenvalue weighted by molar-refractivity contribution is -0.119. The van der Waals surface area contributed by atoms with Crippen LogP contribution in [-0.4, -0.2) is 24.4 Å². The molecule has 0 rings (SSSR count). The predicted octanol–water partition coefficient (Wildman–Crippen LogP) is 1.65. The fourth-order valence-electron chi connectivity index (χ4n) is 1.12. The lowest BCUT2D eigenvalue weighted by atomic mass is 10.1. The summed E-state index contributed by atoms with van der Waals surface area (Å²) in [5.74, 6) is 0. The van der Waals surface area contributed by atoms with Crippen LogP contribution in [0.25, 0.3) is 0 Å². The first-order chi connectivity index (χ1) is 4.76. The number of hydrogen-bond acceptors (Lipinski definition) is 1. The molecule has 0 bridgehead atoms. The van der Waals surface area contributed by atoms with Gasteiger partial charge in [0, 0.05) is 13.1 Å². The molecule has 1 amide bonds. The van der Waals surface area contributed by atoms with Crippen molar-refractivity contribution in [3.05, 3.63) is 0 Å². The summed E-state index contributed by atoms with van der Waals surface area (Å²) >= 11 is 0. The monoisotopic (exact) mass is 143 g/mol. The maximum absolute atomic E-state index is 10.3. The van der Waals surface area contributed by atoms with Crippen LogP contribution in [0.3, 0.4) is 0 Å². The second-order valence-electron chi connectivity index (χ2n) is 2.62. The zero-order chi connectivity index (χ0) is 7.98. The van der Waals surface area contributed by atoms with Crippen molar-refractivity contribution in [2.45, 2.75) is 39.2 Å². The minimum atomic E-state index is 0.447. The van der Waals surface area contributed by atoms with E-state index in [1.165, 1.54) is 0 Å². The van der Waals surface area contributed by atoms with Gasteiger partial charge in [0.15, 0.2) is 0 Å². The molecule has 0 fully saturated rings. The summed E-state index contributed by atoms with van der Waals surface area (Å²) in [6, 6.07) is 0.447. The van der Waals surface area contributed by atoms with Crippen LogP contribution in [0.5, 0.6) is 0 Å². The van der Waals surface area contributed by atoms with E-state index in [9.17, 15) is 4.79 Å². The van der Waals surface area contributed by atoms with Gasteiger partial charge in [-0.2, -0.15) is 0 Å². The SMILES string of the molecule is CCCC(CC)N(C)C=O. The molecule has 0 aromatic rings. The zero-order valence-electron chi connectivity index (χ0n) is 7.13. The summed E-state index contributed by atoms with van der Waals surface area (Å²) in [5.41, 5.74) is 0. The second kappa shape index (κ2) is 5.27. The van der Waals surface area contributed by atoms with Crippen LogP contribution in [0.15, 0.2) is 0 Å². The Hall–Kier alpha value is -0.530. The average molecular weight is 143 g/mol. The molecule has 0 aliphatic carbocycles. The molecule has 2 nitrogen and oxygen atoms in total. The summed E-state index contributed by atoms with van der Waals surface area (Å²) in [6.45, 7) is 4.25. The maximum Gasteiger partial charge on any atom is 0.209 e. The molecule has 0 spiro atoms. The van der Waals surface area contributed by atoms with Crippen LogP contribution in [0.1, 0.15) is 33.1 Å². The molecule has 0 saturated carbocycles. The first-order valence-electron chi connectivity index (χ1n) is 3.93. The van der Waals surface area contributed by atoms with Crippen molar-refractivity contribution < 1.29 is 4.79 Å². The number of rotatable bonds is 5. The van der Waals surface area contributed by atoms with Crippen LogP contribution in [-0.2, 0) is 4.79 Å². The van der Waals surface area contributed by atoms with Crippen LogP contribution in [0.2, 0.25) is 0 Å². The van der Waals surface area contributed by atoms with E-state index in [4.69, 9.17) is 0 Å². The number of hydrogen-bond donors (Lipinski definition) is 0. The highest BCUT2D eigenvalue weighted by Crippen LogP contribution is 2.06. The predicted molar refractivity (Wildman–Crippen MR) is 42.8 cm³/mol. The van der Waals surface area contributed by atoms with Gasteiger partial charge in [0.25, 0.3) is 0 Å². The third-order valence-corrected chi connectivity index (χ3v) is 1.84. The van der Waals surface area contributed by atoms with E-state index < -0.39 is 0 Å². The smallest absolute Gasteiger partial charge is 0.209 e. The first kappa shape index (κ1) is 9.47. The van der Waals surface area contributed by atoms with Gasteiger partial charge < -0.3 is 4.90 Å². The van der Waals surface area contributed by atoms with Crippen LogP contribution >= 0.6 is 0 Å². The molecule has 60 valence electrons. The topological polar surface area (TPSA) is 20.3 Å². The van der Waals surface area contributed by atoms with Gasteiger partial charge in [0.1, 0.15) is 0 Å². The van der Waals surface area contributed by atoms with Crippen molar-refractivity contribution in [2.24, 2.45) is 0 Å². The zero-order valence-corrected chi connectivity index (χ0v) is 7.13. The average Bonchev–Trinajstić information content (AvgIpc) is 1.99. The third kappa shape index (κ3) is 2.85. The van der Waals surface area contributed by atoms with Crippen LogP contribution < -0.4 is 0 Å². The molecule has 0 N–H and O–H groups in total. The van der Waals surface area contributed by atoms with Gasteiger partial charge in [-0.15, -0.1) is 0 Å². The molecule has 0 radical (unpaired) electrons. The molecular weight excluding hydrogens is 126 g/mol. The lowest BCUT2D eigenvalue weighted by Gasteiger charge is -2.22. The summed E-state index contributed by atoms with van der Waals surface area (Å²) in [5, 5.41) is 0. The second-order valence-corrected chi connectivity index (χ2v) is 2.62. The van der Waals surface area contributed by atoms with Gasteiger partial charge in [0.2, 0.25) is 6.41 Å². The molecule has 1 atom stereocenters. The van der Waals surface area contributed by atoms with Crippen molar-refractivity contribution >= 4 is 6.41 Å². The highest BCUT2D eigenvalue weighted by molar-refractivity contribution is 5.46. The molecule has 10 heavy (non-hydrogen) atoms. The standard InChI is InChI=1S/C8H17NO/c1-4-6-8(5-2)9(3)7-10/h7-8H,4-6H2,1-3H3. The van der Waals surface area contributed by atoms with Gasteiger partial charge in [-0.05, 0) is 12.8 Å². The number of carbonyl (C=O) groups excluding carboxylic acids is 1. The van der Waals surface area contributed by atoms with Crippen molar-refractivity contribution in [3.8, 4) is 0 Å². The number of amides is 1. The molecular formula is C8H17NO.